The standard InChI is InChI=1S/C75H153N6O10P/c1-10-13-16-19-22-25-28-31-34-37-40-43-46-49-55-73(85)76-58-52-61-79(4,5)64-70(82)67-89-92(88,90-68-71(83)65-80(6,7)62-53-59-77-74(86)56-50-47-44-41-38-35-32-29-26-23-20-17-14-11-2)91-69-72(84)66-81(8,9)63-54-60-78-75(87)57-51-48-45-42-39-36-33-30-27-24-21-18-15-12-3/h70-72,82-84H,10-69H2,1-9H3/p+3. The van der Waals surface area contributed by atoms with Crippen molar-refractivity contribution in [1.82, 2.24) is 16.0 Å². The number of amides is 3. The Bertz CT molecular complexity index is 1480. The maximum Gasteiger partial charge on any atom is 0.379 e. The fraction of sp³-hybridized carbons (Fsp3) is 0.960. The average molecular weight is 1330 g/mol. The molecule has 0 aliphatic rings. The van der Waals surface area contributed by atoms with Gasteiger partial charge >= 0.3 is 8.17 Å². The summed E-state index contributed by atoms with van der Waals surface area (Å²) >= 11 is 0. The summed E-state index contributed by atoms with van der Waals surface area (Å²) in [5, 5.41) is 42.9. The summed E-state index contributed by atoms with van der Waals surface area (Å²) in [5.74, 6) is 0.237. The maximum atomic E-state index is 14.4. The third-order valence-corrected chi connectivity index (χ3v) is 19.8. The van der Waals surface area contributed by atoms with Gasteiger partial charge in [0, 0.05) is 58.2 Å². The van der Waals surface area contributed by atoms with E-state index in [0.717, 1.165) is 57.8 Å². The second kappa shape index (κ2) is 61.7. The van der Waals surface area contributed by atoms with Crippen molar-refractivity contribution < 1.29 is 61.6 Å². The van der Waals surface area contributed by atoms with E-state index in [1.54, 1.807) is 0 Å². The van der Waals surface area contributed by atoms with E-state index in [1.165, 1.54) is 231 Å². The lowest BCUT2D eigenvalue weighted by molar-refractivity contribution is -0.893. The molecule has 17 heteroatoms. The molecule has 0 aromatic heterocycles. The third-order valence-electron chi connectivity index (χ3n) is 18.4. The van der Waals surface area contributed by atoms with Crippen LogP contribution in [0.25, 0.3) is 0 Å². The Morgan fingerprint density at radius 1 is 0.315 bits per heavy atom. The van der Waals surface area contributed by atoms with Crippen LogP contribution in [0.15, 0.2) is 0 Å². The molecule has 0 saturated carbocycles. The number of carbonyl (C=O) groups excluding carboxylic acids is 3. The molecule has 0 aromatic rings. The van der Waals surface area contributed by atoms with Gasteiger partial charge in [0.2, 0.25) is 17.7 Å². The normalized spacial score (nSPS) is 13.9. The van der Waals surface area contributed by atoms with Crippen molar-refractivity contribution in [2.45, 2.75) is 347 Å². The van der Waals surface area contributed by atoms with E-state index < -0.39 is 26.5 Å². The van der Waals surface area contributed by atoms with Gasteiger partial charge in [0.15, 0.2) is 0 Å². The molecule has 92 heavy (non-hydrogen) atoms. The molecule has 0 radical (unpaired) electrons. The minimum Gasteiger partial charge on any atom is -0.606 e. The van der Waals surface area contributed by atoms with E-state index in [2.05, 4.69) is 36.7 Å². The van der Waals surface area contributed by atoms with Gasteiger partial charge in [-0.1, -0.05) is 271 Å². The number of phosphoric acid groups is 1. The number of unbranched alkanes of at least 4 members (excludes halogenated alkanes) is 39. The Kier molecular flexibility index (Phi) is 60.7. The highest BCUT2D eigenvalue weighted by molar-refractivity contribution is 7.54. The maximum absolute atomic E-state index is 14.4. The zero-order valence-electron chi connectivity index (χ0n) is 62.1. The van der Waals surface area contributed by atoms with Crippen LogP contribution >= 0.6 is 8.17 Å². The molecule has 16 nitrogen and oxygen atoms in total. The predicted molar refractivity (Wildman–Crippen MR) is 386 cm³/mol. The Morgan fingerprint density at radius 3 is 0.674 bits per heavy atom. The Labute approximate surface area is 569 Å². The number of phosphoric ester groups is 1. The van der Waals surface area contributed by atoms with Crippen LogP contribution in [-0.4, -0.2) is 186 Å². The quantitative estimate of drug-likeness (QED) is 0.0194. The lowest BCUT2D eigenvalue weighted by Gasteiger charge is -2.34. The molecule has 0 bridgehead atoms. The van der Waals surface area contributed by atoms with Crippen LogP contribution < -0.4 is 20.8 Å². The lowest BCUT2D eigenvalue weighted by atomic mass is 10.0. The van der Waals surface area contributed by atoms with E-state index in [9.17, 15) is 34.6 Å². The van der Waals surface area contributed by atoms with Crippen LogP contribution in [0.5, 0.6) is 0 Å². The second-order valence-corrected chi connectivity index (χ2v) is 31.6. The first kappa shape index (κ1) is 90.4. The van der Waals surface area contributed by atoms with E-state index in [4.69, 9.17) is 13.6 Å². The van der Waals surface area contributed by atoms with E-state index in [0.29, 0.717) is 72.0 Å². The fourth-order valence-electron chi connectivity index (χ4n) is 12.7. The number of nitrogens with one attached hydrogen (secondary N) is 3. The predicted octanol–water partition coefficient (Wildman–Crippen LogP) is 15.5. The van der Waals surface area contributed by atoms with Crippen molar-refractivity contribution >= 4 is 25.9 Å². The number of likely N-dealkylation sites (N-methyl/N-ethyl adjacent to an activating group) is 3. The zero-order chi connectivity index (χ0) is 68.1. The van der Waals surface area contributed by atoms with Gasteiger partial charge in [-0.3, -0.25) is 14.4 Å². The lowest BCUT2D eigenvalue weighted by Crippen LogP contribution is -2.49. The van der Waals surface area contributed by atoms with Crippen molar-refractivity contribution in [3.05, 3.63) is 0 Å². The van der Waals surface area contributed by atoms with E-state index >= 15 is 0 Å². The SMILES string of the molecule is CCCCCCCCCCCCCCCCC(=O)NCCC[N+](C)(C)CC(O)CO[P+]([O-])(OCC(O)C[N+](C)(C)CCCNC(=O)CCCCCCCCCCCCCCCC)OCC(O)C[N+](C)(C)CCCNC(=O)CCCCCCCCCCCCCCCC. The molecule has 548 valence electrons. The molecule has 6 N–H and O–H groups in total. The van der Waals surface area contributed by atoms with Crippen molar-refractivity contribution in [2.24, 2.45) is 0 Å². The Hall–Kier alpha value is -1.56. The van der Waals surface area contributed by atoms with Crippen LogP contribution in [0.3, 0.4) is 0 Å². The monoisotopic (exact) mass is 1330 g/mol. The summed E-state index contributed by atoms with van der Waals surface area (Å²) in [5.41, 5.74) is 0. The topological polar surface area (TPSA) is 199 Å². The highest BCUT2D eigenvalue weighted by Crippen LogP contribution is 2.54. The third kappa shape index (κ3) is 63.2. The number of quaternary nitrogens is 3. The Morgan fingerprint density at radius 2 is 0.489 bits per heavy atom. The van der Waals surface area contributed by atoms with Gasteiger partial charge in [0.1, 0.15) is 57.8 Å². The summed E-state index contributed by atoms with van der Waals surface area (Å²) < 4.78 is 18.7. The molecule has 0 fully saturated rings. The first-order chi connectivity index (χ1) is 44.2. The van der Waals surface area contributed by atoms with Crippen LogP contribution in [0.4, 0.5) is 0 Å². The molecule has 3 unspecified atom stereocenters. The molecule has 0 rings (SSSR count). The van der Waals surface area contributed by atoms with Gasteiger partial charge in [-0.05, 0) is 19.3 Å². The second-order valence-electron chi connectivity index (χ2n) is 30.0. The molecule has 0 aliphatic carbocycles. The molecule has 0 heterocycles. The molecule has 0 spiro atoms. The van der Waals surface area contributed by atoms with Gasteiger partial charge < -0.3 is 49.6 Å². The molecule has 0 aliphatic heterocycles. The highest BCUT2D eigenvalue weighted by atomic mass is 31.2. The first-order valence-electron chi connectivity index (χ1n) is 39.0. The first-order valence-corrected chi connectivity index (χ1v) is 40.5. The summed E-state index contributed by atoms with van der Waals surface area (Å²) in [7, 11) is 7.53. The van der Waals surface area contributed by atoms with Crippen molar-refractivity contribution in [1.29, 1.82) is 0 Å². The van der Waals surface area contributed by atoms with Gasteiger partial charge in [-0.25, -0.2) is 0 Å². The number of carbonyl (C=O) groups is 3. The number of nitrogens with zero attached hydrogens (tertiary/aromatic N) is 3. The number of aliphatic hydroxyl groups excluding tert-OH is 3. The summed E-state index contributed by atoms with van der Waals surface area (Å²) in [6, 6.07) is 0. The molecule has 3 amide bonds. The van der Waals surface area contributed by atoms with Crippen molar-refractivity contribution in [2.75, 3.05) is 121 Å². The molecule has 0 saturated heterocycles. The average Bonchev–Trinajstić information content (AvgIpc) is 1.10. The van der Waals surface area contributed by atoms with Crippen LogP contribution in [0, 0.1) is 0 Å². The van der Waals surface area contributed by atoms with Gasteiger partial charge in [0.25, 0.3) is 0 Å². The minimum atomic E-state index is -4.41. The van der Waals surface area contributed by atoms with Gasteiger partial charge in [-0.15, -0.1) is 0 Å². The minimum absolute atomic E-state index is 0.0791. The zero-order valence-corrected chi connectivity index (χ0v) is 63.0. The van der Waals surface area contributed by atoms with E-state index in [-0.39, 0.29) is 57.2 Å². The summed E-state index contributed by atoms with van der Waals surface area (Å²) in [6.45, 7) is 10.2. The number of hydrogen-bond acceptors (Lipinski definition) is 10. The van der Waals surface area contributed by atoms with Crippen LogP contribution in [-0.2, 0) is 28.0 Å². The highest BCUT2D eigenvalue weighted by Gasteiger charge is 2.38. The van der Waals surface area contributed by atoms with Crippen LogP contribution in [0.1, 0.15) is 329 Å². The molecule has 3 atom stereocenters. The fourth-order valence-corrected chi connectivity index (χ4v) is 14.0. The van der Waals surface area contributed by atoms with E-state index in [1.807, 2.05) is 42.3 Å². The van der Waals surface area contributed by atoms with Gasteiger partial charge in [-0.2, -0.15) is 13.6 Å². The Balaban J connectivity index is 5.03. The molecular weight excluding hydrogens is 1180 g/mol. The molecule has 0 aromatic carbocycles. The number of rotatable bonds is 72. The smallest absolute Gasteiger partial charge is 0.379 e. The van der Waals surface area contributed by atoms with Crippen molar-refractivity contribution in [3.63, 3.8) is 0 Å². The summed E-state index contributed by atoms with van der Waals surface area (Å²) in [6.07, 6.45) is 54.5. The van der Waals surface area contributed by atoms with Crippen molar-refractivity contribution in [3.8, 4) is 0 Å². The molecular formula is C75H156N6O10P+3. The number of aliphatic hydroxyl groups is 3. The largest absolute Gasteiger partial charge is 0.606 e. The summed E-state index contributed by atoms with van der Waals surface area (Å²) in [4.78, 5) is 52.2. The number of hydrogen-bond donors (Lipinski definition) is 6. The van der Waals surface area contributed by atoms with Gasteiger partial charge in [0.05, 0.1) is 61.9 Å². The van der Waals surface area contributed by atoms with Crippen LogP contribution in [0.2, 0.25) is 0 Å².